The maximum atomic E-state index is 12.4. The Labute approximate surface area is 141 Å². The molecule has 23 heavy (non-hydrogen) atoms. The quantitative estimate of drug-likeness (QED) is 0.787. The predicted molar refractivity (Wildman–Crippen MR) is 90.7 cm³/mol. The van der Waals surface area contributed by atoms with Gasteiger partial charge in [-0.2, -0.15) is 8.75 Å². The number of aromatic nitrogens is 3. The Morgan fingerprint density at radius 3 is 3.22 bits per heavy atom. The van der Waals surface area contributed by atoms with E-state index in [4.69, 9.17) is 0 Å². The third-order valence-electron chi connectivity index (χ3n) is 3.93. The summed E-state index contributed by atoms with van der Waals surface area (Å²) in [6.45, 7) is 2.31. The van der Waals surface area contributed by atoms with Gasteiger partial charge in [0.05, 0.1) is 17.4 Å². The minimum Gasteiger partial charge on any atom is -0.346 e. The SMILES string of the molecule is CN1CCc2nc(C(=O)NCc3cccc4nsnc34)sc2C1. The molecule has 0 bridgehead atoms. The summed E-state index contributed by atoms with van der Waals surface area (Å²) in [6, 6.07) is 5.82. The number of hydrogen-bond acceptors (Lipinski definition) is 7. The maximum absolute atomic E-state index is 12.4. The number of benzene rings is 1. The van der Waals surface area contributed by atoms with E-state index in [9.17, 15) is 4.79 Å². The molecule has 8 heteroatoms. The molecule has 0 radical (unpaired) electrons. The molecule has 0 saturated heterocycles. The van der Waals surface area contributed by atoms with Crippen molar-refractivity contribution in [1.29, 1.82) is 0 Å². The van der Waals surface area contributed by atoms with E-state index in [0.717, 1.165) is 41.8 Å². The molecule has 3 aromatic rings. The lowest BCUT2D eigenvalue weighted by Crippen LogP contribution is -2.25. The van der Waals surface area contributed by atoms with Crippen molar-refractivity contribution < 1.29 is 4.79 Å². The molecule has 6 nitrogen and oxygen atoms in total. The summed E-state index contributed by atoms with van der Waals surface area (Å²) < 4.78 is 8.51. The van der Waals surface area contributed by atoms with Crippen molar-refractivity contribution in [3.63, 3.8) is 0 Å². The fourth-order valence-corrected chi connectivity index (χ4v) is 4.35. The van der Waals surface area contributed by atoms with E-state index in [1.54, 1.807) is 0 Å². The van der Waals surface area contributed by atoms with Crippen molar-refractivity contribution in [2.75, 3.05) is 13.6 Å². The Kier molecular flexibility index (Phi) is 3.80. The maximum Gasteiger partial charge on any atom is 0.280 e. The van der Waals surface area contributed by atoms with Crippen molar-refractivity contribution in [1.82, 2.24) is 23.9 Å². The Hall–Kier alpha value is -1.90. The van der Waals surface area contributed by atoms with Gasteiger partial charge in [-0.1, -0.05) is 12.1 Å². The van der Waals surface area contributed by atoms with E-state index in [0.29, 0.717) is 11.6 Å². The first kappa shape index (κ1) is 14.7. The average molecular weight is 345 g/mol. The Bertz CT molecular complexity index is 872. The van der Waals surface area contributed by atoms with E-state index >= 15 is 0 Å². The van der Waals surface area contributed by atoms with E-state index < -0.39 is 0 Å². The van der Waals surface area contributed by atoms with Gasteiger partial charge in [-0.25, -0.2) is 4.98 Å². The number of fused-ring (bicyclic) bond motifs is 2. The van der Waals surface area contributed by atoms with E-state index in [-0.39, 0.29) is 5.91 Å². The number of carbonyl (C=O) groups is 1. The molecular formula is C15H15N5OS2. The summed E-state index contributed by atoms with van der Waals surface area (Å²) in [5.41, 5.74) is 3.78. The summed E-state index contributed by atoms with van der Waals surface area (Å²) in [5, 5.41) is 3.50. The fourth-order valence-electron chi connectivity index (χ4n) is 2.68. The number of nitrogens with zero attached hydrogens (tertiary/aromatic N) is 4. The molecule has 118 valence electrons. The highest BCUT2D eigenvalue weighted by molar-refractivity contribution is 7.13. The summed E-state index contributed by atoms with van der Waals surface area (Å²) >= 11 is 2.69. The van der Waals surface area contributed by atoms with Crippen LogP contribution in [0.5, 0.6) is 0 Å². The lowest BCUT2D eigenvalue weighted by Gasteiger charge is -2.20. The molecule has 0 saturated carbocycles. The lowest BCUT2D eigenvalue weighted by molar-refractivity contribution is 0.0950. The highest BCUT2D eigenvalue weighted by Crippen LogP contribution is 2.24. The molecule has 1 aliphatic rings. The van der Waals surface area contributed by atoms with Gasteiger partial charge in [0.15, 0.2) is 5.01 Å². The number of likely N-dealkylation sites (N-methyl/N-ethyl adjacent to an activating group) is 1. The van der Waals surface area contributed by atoms with E-state index in [1.807, 2.05) is 18.2 Å². The molecule has 0 spiro atoms. The second-order valence-corrected chi connectivity index (χ2v) is 7.22. The first-order chi connectivity index (χ1) is 11.2. The third kappa shape index (κ3) is 2.85. The monoisotopic (exact) mass is 345 g/mol. The van der Waals surface area contributed by atoms with Crippen molar-refractivity contribution in [3.8, 4) is 0 Å². The van der Waals surface area contributed by atoms with Crippen LogP contribution in [0.2, 0.25) is 0 Å². The van der Waals surface area contributed by atoms with Crippen LogP contribution in [0.25, 0.3) is 11.0 Å². The second kappa shape index (κ2) is 5.95. The number of amides is 1. The molecule has 1 amide bonds. The smallest absolute Gasteiger partial charge is 0.280 e. The van der Waals surface area contributed by atoms with Crippen LogP contribution >= 0.6 is 23.1 Å². The minimum absolute atomic E-state index is 0.118. The molecule has 1 N–H and O–H groups in total. The van der Waals surface area contributed by atoms with Gasteiger partial charge in [0.1, 0.15) is 11.0 Å². The standard InChI is InChI=1S/C15H15N5OS2/c1-20-6-5-10-12(8-20)22-15(17-10)14(21)16-7-9-3-2-4-11-13(9)19-23-18-11/h2-4H,5-8H2,1H3,(H,16,21). The molecule has 4 rings (SSSR count). The van der Waals surface area contributed by atoms with Crippen molar-refractivity contribution >= 4 is 40.0 Å². The van der Waals surface area contributed by atoms with Gasteiger partial charge in [-0.15, -0.1) is 11.3 Å². The second-order valence-electron chi connectivity index (χ2n) is 5.61. The summed E-state index contributed by atoms with van der Waals surface area (Å²) in [4.78, 5) is 20.3. The van der Waals surface area contributed by atoms with Crippen LogP contribution in [0.15, 0.2) is 18.2 Å². The first-order valence-electron chi connectivity index (χ1n) is 7.36. The Morgan fingerprint density at radius 2 is 2.30 bits per heavy atom. The van der Waals surface area contributed by atoms with Gasteiger partial charge in [-0.3, -0.25) is 4.79 Å². The van der Waals surface area contributed by atoms with Crippen LogP contribution in [0.3, 0.4) is 0 Å². The normalized spacial score (nSPS) is 14.8. The van der Waals surface area contributed by atoms with Crippen LogP contribution in [-0.4, -0.2) is 38.1 Å². The fraction of sp³-hybridized carbons (Fsp3) is 0.333. The molecule has 0 aliphatic carbocycles. The number of rotatable bonds is 3. The lowest BCUT2D eigenvalue weighted by atomic mass is 10.2. The average Bonchev–Trinajstić information content (AvgIpc) is 3.18. The van der Waals surface area contributed by atoms with Gasteiger partial charge >= 0.3 is 0 Å². The summed E-state index contributed by atoms with van der Waals surface area (Å²) in [6.07, 6.45) is 0.916. The van der Waals surface area contributed by atoms with E-state index in [1.165, 1.54) is 27.9 Å². The van der Waals surface area contributed by atoms with Gasteiger partial charge < -0.3 is 10.2 Å². The van der Waals surface area contributed by atoms with Crippen molar-refractivity contribution in [3.05, 3.63) is 39.3 Å². The van der Waals surface area contributed by atoms with Crippen LogP contribution in [0, 0.1) is 0 Å². The summed E-state index contributed by atoms with van der Waals surface area (Å²) in [5.74, 6) is -0.118. The van der Waals surface area contributed by atoms with Gasteiger partial charge in [0.2, 0.25) is 0 Å². The van der Waals surface area contributed by atoms with Crippen LogP contribution in [-0.2, 0) is 19.5 Å². The van der Waals surface area contributed by atoms with Crippen LogP contribution in [0.4, 0.5) is 0 Å². The molecule has 2 aromatic heterocycles. The minimum atomic E-state index is -0.118. The van der Waals surface area contributed by atoms with Gasteiger partial charge in [0, 0.05) is 36.5 Å². The van der Waals surface area contributed by atoms with Crippen LogP contribution < -0.4 is 5.32 Å². The Balaban J connectivity index is 1.49. The zero-order valence-corrected chi connectivity index (χ0v) is 14.2. The third-order valence-corrected chi connectivity index (χ3v) is 5.55. The predicted octanol–water partition coefficient (Wildman–Crippen LogP) is 2.07. The zero-order chi connectivity index (χ0) is 15.8. The van der Waals surface area contributed by atoms with Crippen LogP contribution in [0.1, 0.15) is 25.9 Å². The molecule has 0 fully saturated rings. The topological polar surface area (TPSA) is 71.0 Å². The molecule has 0 atom stereocenters. The largest absolute Gasteiger partial charge is 0.346 e. The number of carbonyl (C=O) groups excluding carboxylic acids is 1. The molecule has 3 heterocycles. The Morgan fingerprint density at radius 1 is 1.39 bits per heavy atom. The number of nitrogens with one attached hydrogen (secondary N) is 1. The highest BCUT2D eigenvalue weighted by atomic mass is 32.1. The highest BCUT2D eigenvalue weighted by Gasteiger charge is 2.21. The molecule has 1 aromatic carbocycles. The zero-order valence-electron chi connectivity index (χ0n) is 12.6. The first-order valence-corrected chi connectivity index (χ1v) is 8.91. The van der Waals surface area contributed by atoms with E-state index in [2.05, 4.69) is 31.0 Å². The number of hydrogen-bond donors (Lipinski definition) is 1. The summed E-state index contributed by atoms with van der Waals surface area (Å²) in [7, 11) is 2.09. The van der Waals surface area contributed by atoms with Crippen molar-refractivity contribution in [2.45, 2.75) is 19.5 Å². The van der Waals surface area contributed by atoms with Gasteiger partial charge in [-0.05, 0) is 13.1 Å². The molecule has 0 unspecified atom stereocenters. The molecular weight excluding hydrogens is 330 g/mol. The van der Waals surface area contributed by atoms with Crippen molar-refractivity contribution in [2.24, 2.45) is 0 Å². The number of thiazole rings is 1. The van der Waals surface area contributed by atoms with Gasteiger partial charge in [0.25, 0.3) is 5.91 Å². The molecule has 1 aliphatic heterocycles.